The molecule has 0 bridgehead atoms. The van der Waals surface area contributed by atoms with Gasteiger partial charge in [0.15, 0.2) is 0 Å². The third kappa shape index (κ3) is 2.95. The van der Waals surface area contributed by atoms with E-state index in [2.05, 4.69) is 27.7 Å². The number of hydrogen-bond donors (Lipinski definition) is 3. The summed E-state index contributed by atoms with van der Waals surface area (Å²) in [4.78, 5) is 2.41. The van der Waals surface area contributed by atoms with Gasteiger partial charge in [-0.2, -0.15) is 0 Å². The zero-order chi connectivity index (χ0) is 13.7. The van der Waals surface area contributed by atoms with E-state index in [1.807, 2.05) is 13.8 Å². The molecule has 0 spiro atoms. The summed E-state index contributed by atoms with van der Waals surface area (Å²) < 4.78 is 0. The number of benzene rings is 1. The number of nitrogens with two attached hydrogens (primary N) is 1. The van der Waals surface area contributed by atoms with Crippen LogP contribution in [-0.4, -0.2) is 32.7 Å². The predicted molar refractivity (Wildman–Crippen MR) is 84.1 cm³/mol. The first-order chi connectivity index (χ1) is 9.36. The quantitative estimate of drug-likeness (QED) is 0.678. The van der Waals surface area contributed by atoms with Crippen molar-refractivity contribution in [3.8, 4) is 0 Å². The van der Waals surface area contributed by atoms with E-state index in [1.165, 1.54) is 29.8 Å². The summed E-state index contributed by atoms with van der Waals surface area (Å²) in [5.74, 6) is 0. The molecule has 0 aromatic heterocycles. The number of fused-ring (bicyclic) bond motifs is 1. The Hall–Kier alpha value is -1.42. The zero-order valence-corrected chi connectivity index (χ0v) is 12.1. The van der Waals surface area contributed by atoms with Crippen molar-refractivity contribution in [3.63, 3.8) is 0 Å². The van der Waals surface area contributed by atoms with E-state index >= 15 is 0 Å². The fraction of sp³-hybridized carbons (Fsp3) is 0.600. The minimum absolute atomic E-state index is 0.903. The molecule has 4 N–H and O–H groups in total. The molecule has 2 aliphatic heterocycles. The van der Waals surface area contributed by atoms with Gasteiger partial charge in [0.25, 0.3) is 0 Å². The van der Waals surface area contributed by atoms with Crippen molar-refractivity contribution in [1.29, 1.82) is 0 Å². The van der Waals surface area contributed by atoms with Crippen molar-refractivity contribution >= 4 is 17.1 Å². The maximum atomic E-state index is 6.17. The van der Waals surface area contributed by atoms with Gasteiger partial charge < -0.3 is 21.3 Å². The number of nitrogen functional groups attached to an aromatic ring is 1. The van der Waals surface area contributed by atoms with Crippen LogP contribution in [0.2, 0.25) is 0 Å². The lowest BCUT2D eigenvalue weighted by molar-refractivity contribution is 0.589. The van der Waals surface area contributed by atoms with Crippen LogP contribution in [-0.2, 0) is 6.42 Å². The van der Waals surface area contributed by atoms with E-state index in [4.69, 9.17) is 5.73 Å². The van der Waals surface area contributed by atoms with Crippen molar-refractivity contribution in [2.24, 2.45) is 0 Å². The minimum atomic E-state index is 0.903. The molecule has 1 aromatic carbocycles. The Morgan fingerprint density at radius 3 is 2.58 bits per heavy atom. The van der Waals surface area contributed by atoms with Gasteiger partial charge in [-0.15, -0.1) is 0 Å². The van der Waals surface area contributed by atoms with Crippen molar-refractivity contribution in [3.05, 3.63) is 17.7 Å². The van der Waals surface area contributed by atoms with Crippen molar-refractivity contribution in [2.75, 3.05) is 48.7 Å². The summed E-state index contributed by atoms with van der Waals surface area (Å²) in [6.45, 7) is 9.24. The van der Waals surface area contributed by atoms with Gasteiger partial charge in [0.2, 0.25) is 0 Å². The van der Waals surface area contributed by atoms with Gasteiger partial charge in [-0.3, -0.25) is 0 Å². The van der Waals surface area contributed by atoms with E-state index in [0.29, 0.717) is 0 Å². The highest BCUT2D eigenvalue weighted by atomic mass is 15.2. The van der Waals surface area contributed by atoms with Crippen LogP contribution in [0.15, 0.2) is 12.1 Å². The predicted octanol–water partition coefficient (Wildman–Crippen LogP) is 2.06. The lowest BCUT2D eigenvalue weighted by Gasteiger charge is -2.34. The van der Waals surface area contributed by atoms with Crippen molar-refractivity contribution in [2.45, 2.75) is 26.7 Å². The molecule has 2 heterocycles. The van der Waals surface area contributed by atoms with Crippen LogP contribution in [0.4, 0.5) is 17.1 Å². The van der Waals surface area contributed by atoms with Gasteiger partial charge in [0, 0.05) is 32.7 Å². The Kier molecular flexibility index (Phi) is 4.91. The molecule has 4 heteroatoms. The first-order valence-electron chi connectivity index (χ1n) is 7.47. The van der Waals surface area contributed by atoms with Gasteiger partial charge in [0.1, 0.15) is 0 Å². The van der Waals surface area contributed by atoms with Gasteiger partial charge >= 0.3 is 0 Å². The van der Waals surface area contributed by atoms with Crippen molar-refractivity contribution in [1.82, 2.24) is 5.32 Å². The maximum Gasteiger partial charge on any atom is 0.0839 e. The fourth-order valence-corrected chi connectivity index (χ4v) is 2.78. The second-order valence-electron chi connectivity index (χ2n) is 4.80. The standard InChI is InChI=1S/C13H20N4.C2H6/c14-11-4-3-10-2-1-5-16-12(10)13(11)17-8-6-15-7-9-17;1-2/h3-4,15-16H,1-2,5-9,14H2;1-2H3. The first-order valence-corrected chi connectivity index (χ1v) is 7.47. The summed E-state index contributed by atoms with van der Waals surface area (Å²) >= 11 is 0. The third-order valence-electron chi connectivity index (χ3n) is 3.65. The fourth-order valence-electron chi connectivity index (χ4n) is 2.78. The molecule has 1 fully saturated rings. The lowest BCUT2D eigenvalue weighted by Crippen LogP contribution is -2.44. The molecule has 19 heavy (non-hydrogen) atoms. The van der Waals surface area contributed by atoms with Crippen LogP contribution in [0.25, 0.3) is 0 Å². The Morgan fingerprint density at radius 1 is 1.11 bits per heavy atom. The smallest absolute Gasteiger partial charge is 0.0839 e. The number of nitrogens with one attached hydrogen (secondary N) is 2. The molecule has 1 saturated heterocycles. The van der Waals surface area contributed by atoms with E-state index in [9.17, 15) is 0 Å². The molecule has 0 atom stereocenters. The number of anilines is 3. The summed E-state index contributed by atoms with van der Waals surface area (Å²) in [6, 6.07) is 4.23. The summed E-state index contributed by atoms with van der Waals surface area (Å²) in [5, 5.41) is 6.91. The number of rotatable bonds is 1. The van der Waals surface area contributed by atoms with Crippen LogP contribution >= 0.6 is 0 Å². The molecule has 106 valence electrons. The monoisotopic (exact) mass is 262 g/mol. The van der Waals surface area contributed by atoms with E-state index in [-0.39, 0.29) is 0 Å². The summed E-state index contributed by atoms with van der Waals surface area (Å²) in [6.07, 6.45) is 2.39. The molecular formula is C15H26N4. The second kappa shape index (κ2) is 6.66. The average Bonchev–Trinajstić information content (AvgIpc) is 2.50. The number of aryl methyl sites for hydroxylation is 1. The van der Waals surface area contributed by atoms with Crippen LogP contribution < -0.4 is 21.3 Å². The number of piperazine rings is 1. The zero-order valence-electron chi connectivity index (χ0n) is 12.1. The molecule has 0 saturated carbocycles. The van der Waals surface area contributed by atoms with Crippen LogP contribution in [0.1, 0.15) is 25.8 Å². The van der Waals surface area contributed by atoms with Crippen LogP contribution in [0.3, 0.4) is 0 Å². The Bertz CT molecular complexity index is 411. The molecule has 0 aliphatic carbocycles. The van der Waals surface area contributed by atoms with Gasteiger partial charge in [-0.1, -0.05) is 19.9 Å². The summed E-state index contributed by atoms with van der Waals surface area (Å²) in [5.41, 5.74) is 11.0. The van der Waals surface area contributed by atoms with Crippen LogP contribution in [0, 0.1) is 0 Å². The van der Waals surface area contributed by atoms with Crippen LogP contribution in [0.5, 0.6) is 0 Å². The Balaban J connectivity index is 0.000000637. The second-order valence-corrected chi connectivity index (χ2v) is 4.80. The highest BCUT2D eigenvalue weighted by molar-refractivity contribution is 5.85. The molecule has 0 amide bonds. The Morgan fingerprint density at radius 2 is 1.84 bits per heavy atom. The largest absolute Gasteiger partial charge is 0.397 e. The number of nitrogens with zero attached hydrogens (tertiary/aromatic N) is 1. The summed E-state index contributed by atoms with van der Waals surface area (Å²) in [7, 11) is 0. The molecule has 0 unspecified atom stereocenters. The molecule has 4 nitrogen and oxygen atoms in total. The molecule has 1 aromatic rings. The van der Waals surface area contributed by atoms with Crippen molar-refractivity contribution < 1.29 is 0 Å². The SMILES string of the molecule is CC.Nc1ccc2c(c1N1CCNCC1)NCCC2. The van der Waals surface area contributed by atoms with E-state index in [1.54, 1.807) is 0 Å². The highest BCUT2D eigenvalue weighted by Crippen LogP contribution is 2.37. The molecule has 3 rings (SSSR count). The van der Waals surface area contributed by atoms with Gasteiger partial charge in [-0.05, 0) is 24.5 Å². The minimum Gasteiger partial charge on any atom is -0.397 e. The normalized spacial score (nSPS) is 17.9. The van der Waals surface area contributed by atoms with E-state index in [0.717, 1.165) is 38.4 Å². The average molecular weight is 262 g/mol. The number of hydrogen-bond acceptors (Lipinski definition) is 4. The first kappa shape index (κ1) is 14.0. The molecule has 0 radical (unpaired) electrons. The highest BCUT2D eigenvalue weighted by Gasteiger charge is 2.21. The van der Waals surface area contributed by atoms with Gasteiger partial charge in [-0.25, -0.2) is 0 Å². The molecular weight excluding hydrogens is 236 g/mol. The maximum absolute atomic E-state index is 6.17. The third-order valence-corrected chi connectivity index (χ3v) is 3.65. The molecule has 2 aliphatic rings. The topological polar surface area (TPSA) is 53.3 Å². The van der Waals surface area contributed by atoms with Gasteiger partial charge in [0.05, 0.1) is 17.1 Å². The van der Waals surface area contributed by atoms with E-state index < -0.39 is 0 Å². The Labute approximate surface area is 116 Å². The lowest BCUT2D eigenvalue weighted by atomic mass is 10.0.